The average Bonchev–Trinajstić information content (AvgIpc) is 2.50. The molecule has 1 heterocycles. The molecular weight excluding hydrogens is 238 g/mol. The standard InChI is InChI=1S/C12H11NOS2/c1-8-5-3-4-6-9(8)7-10-11(14)13(2)12(15)16-10/h3-7H,1-2H3/b10-7-. The number of nitrogens with zero attached hydrogens (tertiary/aromatic N) is 1. The Balaban J connectivity index is 2.37. The quantitative estimate of drug-likeness (QED) is 0.564. The summed E-state index contributed by atoms with van der Waals surface area (Å²) in [5.74, 6) is -0.0155. The number of thioether (sulfide) groups is 1. The van der Waals surface area contributed by atoms with Crippen LogP contribution in [0.5, 0.6) is 0 Å². The van der Waals surface area contributed by atoms with E-state index in [9.17, 15) is 4.79 Å². The molecule has 2 nitrogen and oxygen atoms in total. The maximum atomic E-state index is 11.8. The zero-order valence-corrected chi connectivity index (χ0v) is 10.7. The van der Waals surface area contributed by atoms with E-state index in [4.69, 9.17) is 12.2 Å². The Hall–Kier alpha value is -1.13. The molecule has 0 spiro atoms. The maximum Gasteiger partial charge on any atom is 0.265 e. The number of hydrogen-bond acceptors (Lipinski definition) is 3. The van der Waals surface area contributed by atoms with E-state index < -0.39 is 0 Å². The fraction of sp³-hybridized carbons (Fsp3) is 0.167. The normalized spacial score (nSPS) is 18.6. The minimum atomic E-state index is -0.0155. The van der Waals surface area contributed by atoms with Crippen LogP contribution in [0.2, 0.25) is 0 Å². The molecule has 1 aliphatic heterocycles. The second-order valence-corrected chi connectivity index (χ2v) is 5.27. The number of rotatable bonds is 1. The molecule has 82 valence electrons. The first kappa shape index (κ1) is 11.4. The predicted octanol–water partition coefficient (Wildman–Crippen LogP) is 2.83. The van der Waals surface area contributed by atoms with E-state index in [-0.39, 0.29) is 5.91 Å². The number of thiocarbonyl (C=S) groups is 1. The molecule has 1 saturated heterocycles. The Kier molecular flexibility index (Phi) is 3.12. The SMILES string of the molecule is Cc1ccccc1/C=C1\SC(=S)N(C)C1=O. The second-order valence-electron chi connectivity index (χ2n) is 3.60. The average molecular weight is 249 g/mol. The van der Waals surface area contributed by atoms with Crippen LogP contribution < -0.4 is 0 Å². The van der Waals surface area contributed by atoms with Crippen molar-refractivity contribution in [1.29, 1.82) is 0 Å². The smallest absolute Gasteiger partial charge is 0.265 e. The molecule has 1 aliphatic rings. The molecule has 0 N–H and O–H groups in total. The van der Waals surface area contributed by atoms with Crippen LogP contribution in [-0.4, -0.2) is 22.2 Å². The summed E-state index contributed by atoms with van der Waals surface area (Å²) in [6.45, 7) is 2.03. The number of likely N-dealkylation sites (N-methyl/N-ethyl adjacent to an activating group) is 1. The van der Waals surface area contributed by atoms with Crippen LogP contribution in [0.1, 0.15) is 11.1 Å². The fourth-order valence-electron chi connectivity index (χ4n) is 1.44. The first-order valence-corrected chi connectivity index (χ1v) is 6.09. The van der Waals surface area contributed by atoms with Crippen molar-refractivity contribution in [2.24, 2.45) is 0 Å². The number of carbonyl (C=O) groups excluding carboxylic acids is 1. The molecule has 0 aliphatic carbocycles. The van der Waals surface area contributed by atoms with Gasteiger partial charge in [-0.1, -0.05) is 48.2 Å². The van der Waals surface area contributed by atoms with E-state index in [1.165, 1.54) is 16.7 Å². The van der Waals surface area contributed by atoms with Gasteiger partial charge in [-0.3, -0.25) is 9.69 Å². The molecular formula is C12H11NOS2. The Bertz CT molecular complexity index is 494. The lowest BCUT2D eigenvalue weighted by molar-refractivity contribution is -0.121. The molecule has 0 atom stereocenters. The first-order valence-electron chi connectivity index (χ1n) is 4.87. The lowest BCUT2D eigenvalue weighted by Gasteiger charge is -2.03. The Morgan fingerprint density at radius 2 is 2.06 bits per heavy atom. The van der Waals surface area contributed by atoms with Crippen LogP contribution in [0.25, 0.3) is 6.08 Å². The van der Waals surface area contributed by atoms with E-state index >= 15 is 0 Å². The molecule has 0 unspecified atom stereocenters. The summed E-state index contributed by atoms with van der Waals surface area (Å²) >= 11 is 6.43. The van der Waals surface area contributed by atoms with Gasteiger partial charge in [-0.25, -0.2) is 0 Å². The van der Waals surface area contributed by atoms with Crippen molar-refractivity contribution in [3.63, 3.8) is 0 Å². The van der Waals surface area contributed by atoms with Gasteiger partial charge in [0.25, 0.3) is 5.91 Å². The lowest BCUT2D eigenvalue weighted by atomic mass is 10.1. The highest BCUT2D eigenvalue weighted by atomic mass is 32.2. The van der Waals surface area contributed by atoms with Crippen molar-refractivity contribution in [2.45, 2.75) is 6.92 Å². The number of aryl methyl sites for hydroxylation is 1. The summed E-state index contributed by atoms with van der Waals surface area (Å²) in [7, 11) is 1.70. The van der Waals surface area contributed by atoms with Gasteiger partial charge in [-0.2, -0.15) is 0 Å². The van der Waals surface area contributed by atoms with Crippen LogP contribution in [0.4, 0.5) is 0 Å². The molecule has 2 rings (SSSR count). The molecule has 1 aromatic carbocycles. The van der Waals surface area contributed by atoms with E-state index in [2.05, 4.69) is 0 Å². The largest absolute Gasteiger partial charge is 0.296 e. The zero-order chi connectivity index (χ0) is 11.7. The number of amides is 1. The molecule has 0 saturated carbocycles. The topological polar surface area (TPSA) is 20.3 Å². The van der Waals surface area contributed by atoms with Gasteiger partial charge in [0.15, 0.2) is 0 Å². The summed E-state index contributed by atoms with van der Waals surface area (Å²) in [6, 6.07) is 7.97. The van der Waals surface area contributed by atoms with Gasteiger partial charge in [-0.15, -0.1) is 0 Å². The highest BCUT2D eigenvalue weighted by Gasteiger charge is 2.28. The van der Waals surface area contributed by atoms with Crippen LogP contribution in [0.15, 0.2) is 29.2 Å². The number of benzene rings is 1. The molecule has 1 fully saturated rings. The monoisotopic (exact) mass is 249 g/mol. The van der Waals surface area contributed by atoms with Crippen molar-refractivity contribution in [1.82, 2.24) is 4.90 Å². The van der Waals surface area contributed by atoms with Crippen LogP contribution in [-0.2, 0) is 4.79 Å². The lowest BCUT2D eigenvalue weighted by Crippen LogP contribution is -2.22. The summed E-state index contributed by atoms with van der Waals surface area (Å²) in [6.07, 6.45) is 1.90. The van der Waals surface area contributed by atoms with Crippen LogP contribution in [0.3, 0.4) is 0 Å². The van der Waals surface area contributed by atoms with E-state index in [1.54, 1.807) is 7.05 Å². The molecule has 1 aromatic rings. The van der Waals surface area contributed by atoms with Gasteiger partial charge in [-0.05, 0) is 24.1 Å². The number of carbonyl (C=O) groups is 1. The molecule has 1 amide bonds. The first-order chi connectivity index (χ1) is 7.59. The van der Waals surface area contributed by atoms with E-state index in [1.807, 2.05) is 37.3 Å². The second kappa shape index (κ2) is 4.39. The van der Waals surface area contributed by atoms with Gasteiger partial charge in [0, 0.05) is 7.05 Å². The van der Waals surface area contributed by atoms with Gasteiger partial charge in [0.1, 0.15) is 4.32 Å². The van der Waals surface area contributed by atoms with E-state index in [0.717, 1.165) is 11.1 Å². The summed E-state index contributed by atoms with van der Waals surface area (Å²) in [5, 5.41) is 0. The Labute approximate surface area is 104 Å². The van der Waals surface area contributed by atoms with Crippen molar-refractivity contribution < 1.29 is 4.79 Å². The molecule has 0 bridgehead atoms. The highest BCUT2D eigenvalue weighted by Crippen LogP contribution is 2.31. The van der Waals surface area contributed by atoms with E-state index in [0.29, 0.717) is 9.23 Å². The maximum absolute atomic E-state index is 11.8. The van der Waals surface area contributed by atoms with Crippen molar-refractivity contribution in [3.05, 3.63) is 40.3 Å². The minimum Gasteiger partial charge on any atom is -0.296 e. The molecule has 16 heavy (non-hydrogen) atoms. The van der Waals surface area contributed by atoms with Crippen molar-refractivity contribution in [2.75, 3.05) is 7.05 Å². The van der Waals surface area contributed by atoms with Gasteiger partial charge in [0.2, 0.25) is 0 Å². The molecule has 0 radical (unpaired) electrons. The number of hydrogen-bond donors (Lipinski definition) is 0. The third-order valence-corrected chi connectivity index (χ3v) is 3.95. The van der Waals surface area contributed by atoms with Crippen molar-refractivity contribution >= 4 is 40.3 Å². The summed E-state index contributed by atoms with van der Waals surface area (Å²) in [5.41, 5.74) is 2.22. The zero-order valence-electron chi connectivity index (χ0n) is 9.06. The third kappa shape index (κ3) is 2.03. The third-order valence-electron chi connectivity index (χ3n) is 2.46. The van der Waals surface area contributed by atoms with Crippen molar-refractivity contribution in [3.8, 4) is 0 Å². The Morgan fingerprint density at radius 3 is 2.62 bits per heavy atom. The molecule has 4 heteroatoms. The predicted molar refractivity (Wildman–Crippen MR) is 72.1 cm³/mol. The highest BCUT2D eigenvalue weighted by molar-refractivity contribution is 8.26. The van der Waals surface area contributed by atoms with Crippen LogP contribution >= 0.6 is 24.0 Å². The van der Waals surface area contributed by atoms with Gasteiger partial charge in [0.05, 0.1) is 4.91 Å². The summed E-state index contributed by atoms with van der Waals surface area (Å²) in [4.78, 5) is 14.0. The minimum absolute atomic E-state index is 0.0155. The Morgan fingerprint density at radius 1 is 1.38 bits per heavy atom. The van der Waals surface area contributed by atoms with Gasteiger partial charge < -0.3 is 0 Å². The summed E-state index contributed by atoms with van der Waals surface area (Å²) < 4.78 is 0.616. The fourth-order valence-corrected chi connectivity index (χ4v) is 2.61. The van der Waals surface area contributed by atoms with Crippen LogP contribution in [0, 0.1) is 6.92 Å². The van der Waals surface area contributed by atoms with Gasteiger partial charge >= 0.3 is 0 Å². The molecule has 0 aromatic heterocycles.